The number of H-pyrrole nitrogens is 1. The maximum atomic E-state index is 10.6. The molecule has 0 radical (unpaired) electrons. The number of benzene rings is 1. The number of hydrogen-bond acceptors (Lipinski definition) is 7. The zero-order chi connectivity index (χ0) is 16.4. The fraction of sp³-hybridized carbons (Fsp3) is 0.188. The Labute approximate surface area is 143 Å². The Kier molecular flexibility index (Phi) is 4.06. The van der Waals surface area contributed by atoms with Gasteiger partial charge in [0, 0.05) is 23.4 Å². The lowest BCUT2D eigenvalue weighted by Gasteiger charge is -2.34. The molecule has 0 saturated carbocycles. The highest BCUT2D eigenvalue weighted by atomic mass is 32.2. The Morgan fingerprint density at radius 3 is 2.96 bits per heavy atom. The summed E-state index contributed by atoms with van der Waals surface area (Å²) in [6.45, 7) is 0.743. The quantitative estimate of drug-likeness (QED) is 0.627. The summed E-state index contributed by atoms with van der Waals surface area (Å²) >= 11 is 1.79. The van der Waals surface area contributed by atoms with Gasteiger partial charge >= 0.3 is 0 Å². The van der Waals surface area contributed by atoms with Crippen LogP contribution in [0.25, 0.3) is 11.5 Å². The molecule has 4 rings (SSSR count). The van der Waals surface area contributed by atoms with Gasteiger partial charge in [-0.25, -0.2) is 0 Å². The van der Waals surface area contributed by atoms with Gasteiger partial charge in [0.15, 0.2) is 5.82 Å². The van der Waals surface area contributed by atoms with Gasteiger partial charge in [-0.05, 0) is 24.3 Å². The van der Waals surface area contributed by atoms with Gasteiger partial charge in [0.1, 0.15) is 5.69 Å². The first kappa shape index (κ1) is 15.0. The van der Waals surface area contributed by atoms with Gasteiger partial charge in [-0.3, -0.25) is 10.1 Å². The molecular weight excluding hydrogens is 324 g/mol. The van der Waals surface area contributed by atoms with Crippen LogP contribution in [0.5, 0.6) is 0 Å². The molecule has 0 fully saturated rings. The van der Waals surface area contributed by atoms with Crippen LogP contribution in [0.4, 0.5) is 11.6 Å². The van der Waals surface area contributed by atoms with E-state index in [1.54, 1.807) is 18.0 Å². The van der Waals surface area contributed by atoms with Gasteiger partial charge in [0.25, 0.3) is 0 Å². The van der Waals surface area contributed by atoms with Crippen molar-refractivity contribution in [3.05, 3.63) is 48.7 Å². The first-order chi connectivity index (χ1) is 11.8. The summed E-state index contributed by atoms with van der Waals surface area (Å²) in [5, 5.41) is 20.4. The van der Waals surface area contributed by atoms with E-state index in [0.29, 0.717) is 17.5 Å². The number of hydrogen-bond donors (Lipinski definition) is 3. The first-order valence-electron chi connectivity index (χ1n) is 7.58. The Hall–Kier alpha value is -2.58. The summed E-state index contributed by atoms with van der Waals surface area (Å²) < 4.78 is 0. The van der Waals surface area contributed by atoms with Crippen molar-refractivity contribution in [2.45, 2.75) is 11.2 Å². The third-order valence-electron chi connectivity index (χ3n) is 3.71. The predicted molar refractivity (Wildman–Crippen MR) is 93.8 cm³/mol. The van der Waals surface area contributed by atoms with Crippen molar-refractivity contribution in [1.29, 1.82) is 0 Å². The molecule has 0 saturated heterocycles. The average molecular weight is 340 g/mol. The topological polar surface area (TPSA) is 90.0 Å². The van der Waals surface area contributed by atoms with Crippen molar-refractivity contribution < 1.29 is 5.11 Å². The molecule has 8 heteroatoms. The van der Waals surface area contributed by atoms with E-state index in [2.05, 4.69) is 31.5 Å². The van der Waals surface area contributed by atoms with E-state index < -0.39 is 6.35 Å². The second-order valence-electron chi connectivity index (χ2n) is 5.25. The minimum Gasteiger partial charge on any atom is -0.356 e. The number of nitrogens with zero attached hydrogens (tertiary/aromatic N) is 4. The number of nitrogens with one attached hydrogen (secondary N) is 2. The highest BCUT2D eigenvalue weighted by Gasteiger charge is 2.23. The number of fused-ring (bicyclic) bond motifs is 1. The van der Waals surface area contributed by atoms with Gasteiger partial charge in [0.2, 0.25) is 12.3 Å². The molecule has 0 bridgehead atoms. The van der Waals surface area contributed by atoms with Crippen LogP contribution in [-0.2, 0) is 0 Å². The molecule has 3 N–H and O–H groups in total. The van der Waals surface area contributed by atoms with E-state index in [-0.39, 0.29) is 0 Å². The van der Waals surface area contributed by atoms with E-state index >= 15 is 0 Å². The smallest absolute Gasteiger partial charge is 0.245 e. The van der Waals surface area contributed by atoms with Gasteiger partial charge in [0.05, 0.1) is 5.69 Å². The molecule has 1 unspecified atom stereocenters. The number of anilines is 2. The van der Waals surface area contributed by atoms with E-state index in [4.69, 9.17) is 0 Å². The zero-order valence-corrected chi connectivity index (χ0v) is 13.6. The normalized spacial score (nSPS) is 15.0. The van der Waals surface area contributed by atoms with E-state index in [9.17, 15) is 5.11 Å². The minimum absolute atomic E-state index is 0.332. The lowest BCUT2D eigenvalue weighted by Crippen LogP contribution is -2.44. The minimum atomic E-state index is -0.903. The summed E-state index contributed by atoms with van der Waals surface area (Å²) in [6, 6.07) is 13.6. The summed E-state index contributed by atoms with van der Waals surface area (Å²) in [5.74, 6) is 1.81. The number of thioether (sulfide) groups is 1. The van der Waals surface area contributed by atoms with Crippen LogP contribution < -0.4 is 10.2 Å². The maximum Gasteiger partial charge on any atom is 0.245 e. The maximum absolute atomic E-state index is 10.6. The van der Waals surface area contributed by atoms with Crippen molar-refractivity contribution in [2.24, 2.45) is 0 Å². The molecule has 24 heavy (non-hydrogen) atoms. The fourth-order valence-electron chi connectivity index (χ4n) is 2.58. The second-order valence-corrected chi connectivity index (χ2v) is 6.39. The number of pyridine rings is 1. The summed E-state index contributed by atoms with van der Waals surface area (Å²) in [6.07, 6.45) is 0.793. The van der Waals surface area contributed by atoms with Crippen molar-refractivity contribution >= 4 is 23.4 Å². The van der Waals surface area contributed by atoms with Crippen molar-refractivity contribution in [3.63, 3.8) is 0 Å². The molecule has 3 aromatic rings. The summed E-state index contributed by atoms with van der Waals surface area (Å²) in [4.78, 5) is 11.6. The first-order valence-corrected chi connectivity index (χ1v) is 8.57. The molecule has 1 aliphatic heterocycles. The second kappa shape index (κ2) is 6.50. The van der Waals surface area contributed by atoms with Crippen molar-refractivity contribution in [1.82, 2.24) is 20.2 Å². The molecule has 1 aromatic carbocycles. The van der Waals surface area contributed by atoms with Crippen molar-refractivity contribution in [2.75, 3.05) is 22.5 Å². The Morgan fingerprint density at radius 2 is 2.08 bits per heavy atom. The number of aromatic nitrogens is 4. The number of aliphatic hydroxyl groups is 1. The molecule has 0 aliphatic carbocycles. The molecule has 1 atom stereocenters. The van der Waals surface area contributed by atoms with Crippen LogP contribution in [0, 0.1) is 0 Å². The van der Waals surface area contributed by atoms with Gasteiger partial charge in [-0.1, -0.05) is 18.2 Å². The summed E-state index contributed by atoms with van der Waals surface area (Å²) in [7, 11) is 0. The molecule has 2 aromatic heterocycles. The van der Waals surface area contributed by atoms with Gasteiger partial charge in [-0.2, -0.15) is 4.98 Å². The summed E-state index contributed by atoms with van der Waals surface area (Å²) in [5.41, 5.74) is 1.71. The largest absolute Gasteiger partial charge is 0.356 e. The Balaban J connectivity index is 1.51. The van der Waals surface area contributed by atoms with Crippen molar-refractivity contribution in [3.8, 4) is 11.5 Å². The number of para-hydroxylation sites is 1. The average Bonchev–Trinajstić information content (AvgIpc) is 3.10. The van der Waals surface area contributed by atoms with E-state index in [0.717, 1.165) is 22.9 Å². The zero-order valence-electron chi connectivity index (χ0n) is 12.8. The molecule has 0 amide bonds. The van der Waals surface area contributed by atoms with Crippen LogP contribution >= 0.6 is 11.8 Å². The highest BCUT2D eigenvalue weighted by Crippen LogP contribution is 2.35. The lowest BCUT2D eigenvalue weighted by molar-refractivity contribution is 0.196. The van der Waals surface area contributed by atoms with Crippen LogP contribution in [0.15, 0.2) is 53.6 Å². The monoisotopic (exact) mass is 340 g/mol. The molecule has 7 nitrogen and oxygen atoms in total. The van der Waals surface area contributed by atoms with Gasteiger partial charge in [-0.15, -0.1) is 16.9 Å². The van der Waals surface area contributed by atoms with Crippen LogP contribution in [0.3, 0.4) is 0 Å². The third-order valence-corrected chi connectivity index (χ3v) is 4.75. The predicted octanol–water partition coefficient (Wildman–Crippen LogP) is 2.17. The Bertz CT molecular complexity index is 824. The van der Waals surface area contributed by atoms with Gasteiger partial charge < -0.3 is 15.3 Å². The Morgan fingerprint density at radius 1 is 1.21 bits per heavy atom. The molecule has 122 valence electrons. The highest BCUT2D eigenvalue weighted by molar-refractivity contribution is 7.99. The standard InChI is InChI=1S/C16H16N6OS/c23-16(22-9-10-24-13-7-2-1-6-12(13)22)19-15-18-14(20-21-15)11-5-3-4-8-17-11/h1-8,16,23H,9-10H2,(H2,18,19,20,21). The number of aromatic amines is 1. The third kappa shape index (κ3) is 2.93. The SMILES string of the molecule is OC(Nc1n[nH]c(-c2ccccn2)n1)N1CCSc2ccccc21. The lowest BCUT2D eigenvalue weighted by atomic mass is 10.3. The number of aliphatic hydroxyl groups excluding tert-OH is 1. The number of rotatable bonds is 4. The molecule has 3 heterocycles. The molecule has 1 aliphatic rings. The molecular formula is C16H16N6OS. The van der Waals surface area contributed by atoms with Crippen LogP contribution in [-0.4, -0.2) is 43.9 Å². The molecule has 0 spiro atoms. The van der Waals surface area contributed by atoms with Crippen LogP contribution in [0.1, 0.15) is 0 Å². The van der Waals surface area contributed by atoms with E-state index in [1.165, 1.54) is 0 Å². The van der Waals surface area contributed by atoms with E-state index in [1.807, 2.05) is 41.3 Å². The van der Waals surface area contributed by atoms with Crippen LogP contribution in [0.2, 0.25) is 0 Å². The fourth-order valence-corrected chi connectivity index (χ4v) is 3.60.